The van der Waals surface area contributed by atoms with Gasteiger partial charge in [0, 0.05) is 17.2 Å². The molecule has 0 amide bonds. The summed E-state index contributed by atoms with van der Waals surface area (Å²) in [6.45, 7) is 1.95. The Kier molecular flexibility index (Phi) is 6.20. The lowest BCUT2D eigenvalue weighted by atomic mass is 10.0. The van der Waals surface area contributed by atoms with Crippen molar-refractivity contribution in [3.8, 4) is 23.2 Å². The minimum absolute atomic E-state index is 0.00500. The molecular formula is C23H19FN2O3. The standard InChI is InChI=1S/C23H19FN2O3/c1-15-10-16(12-23(27)28-2)7-9-19(15)21-4-3-5-22(26-21)29-14-18-8-6-17(13-25)11-20(18)24/h3-11H,12,14H2,1-2H3. The first-order valence-electron chi connectivity index (χ1n) is 8.95. The molecule has 1 aromatic heterocycles. The van der Waals surface area contributed by atoms with Crippen molar-refractivity contribution in [1.29, 1.82) is 5.26 Å². The van der Waals surface area contributed by atoms with Crippen LogP contribution in [0.3, 0.4) is 0 Å². The number of benzene rings is 2. The molecule has 0 spiro atoms. The fourth-order valence-corrected chi connectivity index (χ4v) is 2.89. The molecule has 0 aliphatic heterocycles. The van der Waals surface area contributed by atoms with E-state index in [1.165, 1.54) is 19.2 Å². The number of carbonyl (C=O) groups excluding carboxylic acids is 1. The number of esters is 1. The molecule has 146 valence electrons. The van der Waals surface area contributed by atoms with Crippen molar-refractivity contribution in [2.45, 2.75) is 20.0 Å². The fraction of sp³-hybridized carbons (Fsp3) is 0.174. The number of methoxy groups -OCH3 is 1. The minimum Gasteiger partial charge on any atom is -0.473 e. The van der Waals surface area contributed by atoms with E-state index in [0.29, 0.717) is 17.1 Å². The van der Waals surface area contributed by atoms with Gasteiger partial charge in [-0.15, -0.1) is 0 Å². The predicted molar refractivity (Wildman–Crippen MR) is 106 cm³/mol. The highest BCUT2D eigenvalue weighted by atomic mass is 19.1. The fourth-order valence-electron chi connectivity index (χ4n) is 2.89. The largest absolute Gasteiger partial charge is 0.473 e. The van der Waals surface area contributed by atoms with Crippen molar-refractivity contribution in [1.82, 2.24) is 4.98 Å². The molecule has 2 aromatic carbocycles. The molecule has 3 aromatic rings. The van der Waals surface area contributed by atoms with Crippen molar-refractivity contribution in [2.75, 3.05) is 7.11 Å². The predicted octanol–water partition coefficient (Wildman–Crippen LogP) is 4.36. The summed E-state index contributed by atoms with van der Waals surface area (Å²) in [5, 5.41) is 8.81. The molecular weight excluding hydrogens is 371 g/mol. The Bertz CT molecular complexity index is 1090. The van der Waals surface area contributed by atoms with Gasteiger partial charge in [0.2, 0.25) is 5.88 Å². The first-order chi connectivity index (χ1) is 14.0. The van der Waals surface area contributed by atoms with Crippen LogP contribution in [0.25, 0.3) is 11.3 Å². The quantitative estimate of drug-likeness (QED) is 0.585. The second-order valence-corrected chi connectivity index (χ2v) is 6.47. The van der Waals surface area contributed by atoms with Gasteiger partial charge in [-0.1, -0.05) is 30.3 Å². The zero-order valence-corrected chi connectivity index (χ0v) is 16.1. The summed E-state index contributed by atoms with van der Waals surface area (Å²) in [6, 6.07) is 17.2. The molecule has 3 rings (SSSR count). The van der Waals surface area contributed by atoms with E-state index in [4.69, 9.17) is 14.7 Å². The van der Waals surface area contributed by atoms with Gasteiger partial charge in [-0.2, -0.15) is 5.26 Å². The molecule has 0 saturated carbocycles. The number of carbonyl (C=O) groups is 1. The van der Waals surface area contributed by atoms with Gasteiger partial charge < -0.3 is 9.47 Å². The first kappa shape index (κ1) is 20.0. The van der Waals surface area contributed by atoms with Crippen LogP contribution in [0.2, 0.25) is 0 Å². The molecule has 0 saturated heterocycles. The van der Waals surface area contributed by atoms with E-state index >= 15 is 0 Å². The average molecular weight is 390 g/mol. The summed E-state index contributed by atoms with van der Waals surface area (Å²) in [7, 11) is 1.36. The van der Waals surface area contributed by atoms with Gasteiger partial charge in [0.25, 0.3) is 0 Å². The lowest BCUT2D eigenvalue weighted by Crippen LogP contribution is -2.04. The number of hydrogen-bond donors (Lipinski definition) is 0. The maximum Gasteiger partial charge on any atom is 0.309 e. The van der Waals surface area contributed by atoms with Crippen LogP contribution in [0.1, 0.15) is 22.3 Å². The lowest BCUT2D eigenvalue weighted by molar-refractivity contribution is -0.139. The molecule has 0 bridgehead atoms. The smallest absolute Gasteiger partial charge is 0.309 e. The Hall–Kier alpha value is -3.72. The number of rotatable bonds is 6. The normalized spacial score (nSPS) is 10.3. The number of nitrogens with zero attached hydrogens (tertiary/aromatic N) is 2. The van der Waals surface area contributed by atoms with Crippen molar-refractivity contribution < 1.29 is 18.7 Å². The summed E-state index contributed by atoms with van der Waals surface area (Å²) >= 11 is 0. The number of hydrogen-bond acceptors (Lipinski definition) is 5. The van der Waals surface area contributed by atoms with Crippen LogP contribution in [0, 0.1) is 24.1 Å². The molecule has 29 heavy (non-hydrogen) atoms. The molecule has 0 radical (unpaired) electrons. The van der Waals surface area contributed by atoms with Crippen LogP contribution in [0.5, 0.6) is 5.88 Å². The third-order valence-electron chi connectivity index (χ3n) is 4.42. The van der Waals surface area contributed by atoms with Gasteiger partial charge in [-0.3, -0.25) is 4.79 Å². The second-order valence-electron chi connectivity index (χ2n) is 6.47. The summed E-state index contributed by atoms with van der Waals surface area (Å²) < 4.78 is 24.3. The number of halogens is 1. The van der Waals surface area contributed by atoms with E-state index in [0.717, 1.165) is 16.7 Å². The van der Waals surface area contributed by atoms with Gasteiger partial charge in [-0.25, -0.2) is 9.37 Å². The number of pyridine rings is 1. The molecule has 6 heteroatoms. The topological polar surface area (TPSA) is 72.2 Å². The van der Waals surface area contributed by atoms with Crippen LogP contribution in [0.4, 0.5) is 4.39 Å². The Morgan fingerprint density at radius 2 is 2.00 bits per heavy atom. The maximum atomic E-state index is 14.0. The Labute approximate surface area is 168 Å². The molecule has 0 fully saturated rings. The van der Waals surface area contributed by atoms with E-state index in [9.17, 15) is 9.18 Å². The second kappa shape index (κ2) is 8.98. The number of aromatic nitrogens is 1. The Morgan fingerprint density at radius 3 is 2.69 bits per heavy atom. The summed E-state index contributed by atoms with van der Waals surface area (Å²) in [5.41, 5.74) is 4.06. The number of ether oxygens (including phenoxy) is 2. The van der Waals surface area contributed by atoms with Gasteiger partial charge in [-0.05, 0) is 36.2 Å². The van der Waals surface area contributed by atoms with Gasteiger partial charge >= 0.3 is 5.97 Å². The summed E-state index contributed by atoms with van der Waals surface area (Å²) in [5.74, 6) is -0.415. The number of aryl methyl sites for hydroxylation is 1. The highest BCUT2D eigenvalue weighted by Crippen LogP contribution is 2.25. The van der Waals surface area contributed by atoms with Crippen LogP contribution in [-0.4, -0.2) is 18.1 Å². The monoisotopic (exact) mass is 390 g/mol. The van der Waals surface area contributed by atoms with Crippen molar-refractivity contribution in [2.24, 2.45) is 0 Å². The maximum absolute atomic E-state index is 14.0. The first-order valence-corrected chi connectivity index (χ1v) is 8.95. The van der Waals surface area contributed by atoms with Gasteiger partial charge in [0.15, 0.2) is 0 Å². The van der Waals surface area contributed by atoms with E-state index in [2.05, 4.69) is 4.98 Å². The van der Waals surface area contributed by atoms with Crippen molar-refractivity contribution in [3.05, 3.63) is 82.7 Å². The van der Waals surface area contributed by atoms with E-state index in [1.54, 1.807) is 12.1 Å². The number of nitriles is 1. The molecule has 0 unspecified atom stereocenters. The molecule has 0 N–H and O–H groups in total. The van der Waals surface area contributed by atoms with Crippen LogP contribution in [-0.2, 0) is 22.6 Å². The zero-order chi connectivity index (χ0) is 20.8. The molecule has 1 heterocycles. The highest BCUT2D eigenvalue weighted by molar-refractivity contribution is 5.73. The third-order valence-corrected chi connectivity index (χ3v) is 4.42. The van der Waals surface area contributed by atoms with Crippen LogP contribution < -0.4 is 4.74 Å². The highest BCUT2D eigenvalue weighted by Gasteiger charge is 2.10. The van der Waals surface area contributed by atoms with Crippen LogP contribution in [0.15, 0.2) is 54.6 Å². The third kappa shape index (κ3) is 4.96. The van der Waals surface area contributed by atoms with E-state index < -0.39 is 5.82 Å². The summed E-state index contributed by atoms with van der Waals surface area (Å²) in [6.07, 6.45) is 0.213. The SMILES string of the molecule is COC(=O)Cc1ccc(-c2cccc(OCc3ccc(C#N)cc3F)n2)c(C)c1. The lowest BCUT2D eigenvalue weighted by Gasteiger charge is -2.11. The van der Waals surface area contributed by atoms with Crippen LogP contribution >= 0.6 is 0 Å². The minimum atomic E-state index is -0.489. The Morgan fingerprint density at radius 1 is 1.17 bits per heavy atom. The van der Waals surface area contributed by atoms with E-state index in [1.807, 2.05) is 43.3 Å². The summed E-state index contributed by atoms with van der Waals surface area (Å²) in [4.78, 5) is 15.9. The molecule has 0 atom stereocenters. The van der Waals surface area contributed by atoms with Gasteiger partial charge in [0.05, 0.1) is 30.9 Å². The molecule has 5 nitrogen and oxygen atoms in total. The van der Waals surface area contributed by atoms with E-state index in [-0.39, 0.29) is 24.6 Å². The average Bonchev–Trinajstić information content (AvgIpc) is 2.73. The van der Waals surface area contributed by atoms with Crippen molar-refractivity contribution >= 4 is 5.97 Å². The Balaban J connectivity index is 1.76. The molecule has 0 aliphatic rings. The van der Waals surface area contributed by atoms with Crippen molar-refractivity contribution in [3.63, 3.8) is 0 Å². The zero-order valence-electron chi connectivity index (χ0n) is 16.1. The molecule has 0 aliphatic carbocycles. The van der Waals surface area contributed by atoms with Gasteiger partial charge in [0.1, 0.15) is 12.4 Å².